The van der Waals surface area contributed by atoms with Gasteiger partial charge in [-0.1, -0.05) is 24.3 Å². The molecule has 0 aliphatic heterocycles. The molecule has 2 aromatic carbocycles. The van der Waals surface area contributed by atoms with E-state index in [1.54, 1.807) is 42.6 Å². The van der Waals surface area contributed by atoms with Crippen LogP contribution in [0.2, 0.25) is 0 Å². The fourth-order valence-corrected chi connectivity index (χ4v) is 2.89. The number of hydrogen-bond donors (Lipinski definition) is 2. The Labute approximate surface area is 162 Å². The van der Waals surface area contributed by atoms with Crippen LogP contribution in [0.4, 0.5) is 17.1 Å². The Morgan fingerprint density at radius 1 is 1.08 bits per heavy atom. The van der Waals surface area contributed by atoms with Crippen LogP contribution < -0.4 is 35.3 Å². The number of azo groups is 1. The summed E-state index contributed by atoms with van der Waals surface area (Å²) >= 11 is 0. The fourth-order valence-electron chi connectivity index (χ4n) is 2.17. The van der Waals surface area contributed by atoms with Crippen LogP contribution in [0.5, 0.6) is 0 Å². The van der Waals surface area contributed by atoms with Gasteiger partial charge in [-0.15, -0.1) is 10.2 Å². The van der Waals surface area contributed by atoms with Crippen LogP contribution in [-0.4, -0.2) is 18.0 Å². The third-order valence-corrected chi connectivity index (χ3v) is 4.12. The van der Waals surface area contributed by atoms with Gasteiger partial charge in [-0.05, 0) is 18.2 Å². The number of pyridine rings is 1. The predicted octanol–water partition coefficient (Wildman–Crippen LogP) is 0.596. The van der Waals surface area contributed by atoms with Gasteiger partial charge in [0.2, 0.25) is 0 Å². The maximum atomic E-state index is 11.6. The first kappa shape index (κ1) is 18.5. The molecule has 0 radical (unpaired) electrons. The van der Waals surface area contributed by atoms with Gasteiger partial charge in [0, 0.05) is 17.0 Å². The number of fused-ring (bicyclic) bond motifs is 1. The Morgan fingerprint density at radius 3 is 2.42 bits per heavy atom. The Morgan fingerprint density at radius 2 is 1.79 bits per heavy atom. The minimum Gasteiger partial charge on any atom is -1.00 e. The van der Waals surface area contributed by atoms with Crippen molar-refractivity contribution in [1.29, 1.82) is 0 Å². The van der Waals surface area contributed by atoms with Gasteiger partial charge in [-0.25, -0.2) is 0 Å². The van der Waals surface area contributed by atoms with Gasteiger partial charge in [0.25, 0.3) is 10.1 Å². The molecule has 1 heterocycles. The molecule has 3 aromatic rings. The zero-order valence-corrected chi connectivity index (χ0v) is 15.6. The summed E-state index contributed by atoms with van der Waals surface area (Å²) in [6, 6.07) is 11.2. The molecule has 0 fully saturated rings. The average Bonchev–Trinajstić information content (AvgIpc) is 2.54. The van der Waals surface area contributed by atoms with Crippen LogP contribution in [0.1, 0.15) is 1.43 Å². The van der Waals surface area contributed by atoms with Crippen LogP contribution in [0, 0.1) is 0 Å². The molecule has 0 bridgehead atoms. The second kappa shape index (κ2) is 7.37. The predicted molar refractivity (Wildman–Crippen MR) is 87.7 cm³/mol. The molecule has 0 saturated heterocycles. The number of nitrogens with zero attached hydrogens (tertiary/aromatic N) is 3. The molecule has 0 unspecified atom stereocenters. The SMILES string of the molecule is Nc1c(N=Nc2cccnc2)cc(S(=O)(=O)O)c2ccccc12.[H-].[Na+]. The van der Waals surface area contributed by atoms with Crippen molar-refractivity contribution in [3.05, 3.63) is 54.9 Å². The first-order chi connectivity index (χ1) is 11.0. The maximum absolute atomic E-state index is 11.6. The largest absolute Gasteiger partial charge is 1.00 e. The number of aromatic nitrogens is 1. The number of anilines is 1. The summed E-state index contributed by atoms with van der Waals surface area (Å²) < 4.78 is 32.7. The Hall–Kier alpha value is -1.84. The van der Waals surface area contributed by atoms with Gasteiger partial charge in [-0.3, -0.25) is 9.54 Å². The second-order valence-corrected chi connectivity index (χ2v) is 6.13. The van der Waals surface area contributed by atoms with E-state index in [0.29, 0.717) is 16.5 Å². The second-order valence-electron chi connectivity index (χ2n) is 4.74. The summed E-state index contributed by atoms with van der Waals surface area (Å²) in [6.45, 7) is 0. The van der Waals surface area contributed by atoms with E-state index < -0.39 is 10.1 Å². The van der Waals surface area contributed by atoms with Crippen LogP contribution in [0.25, 0.3) is 10.8 Å². The summed E-state index contributed by atoms with van der Waals surface area (Å²) in [6.07, 6.45) is 3.10. The van der Waals surface area contributed by atoms with Gasteiger partial charge in [0.05, 0.1) is 11.9 Å². The number of rotatable bonds is 3. The van der Waals surface area contributed by atoms with Gasteiger partial charge in [-0.2, -0.15) is 8.42 Å². The summed E-state index contributed by atoms with van der Waals surface area (Å²) in [7, 11) is -4.42. The van der Waals surface area contributed by atoms with Gasteiger partial charge in [0.1, 0.15) is 16.3 Å². The molecular formula is C15H13N4NaO3S. The number of benzene rings is 2. The third kappa shape index (κ3) is 3.80. The van der Waals surface area contributed by atoms with E-state index in [-0.39, 0.29) is 47.3 Å². The topological polar surface area (TPSA) is 118 Å². The van der Waals surface area contributed by atoms with Crippen molar-refractivity contribution < 1.29 is 44.0 Å². The number of hydrogen-bond acceptors (Lipinski definition) is 6. The molecule has 3 rings (SSSR count). The maximum Gasteiger partial charge on any atom is 1.00 e. The quantitative estimate of drug-likeness (QED) is 0.310. The van der Waals surface area contributed by atoms with Gasteiger partial charge in [0.15, 0.2) is 0 Å². The zero-order chi connectivity index (χ0) is 16.4. The summed E-state index contributed by atoms with van der Waals surface area (Å²) in [5.74, 6) is 0. The smallest absolute Gasteiger partial charge is 1.00 e. The normalized spacial score (nSPS) is 11.5. The molecule has 7 nitrogen and oxygen atoms in total. The van der Waals surface area contributed by atoms with Crippen molar-refractivity contribution in [1.82, 2.24) is 4.98 Å². The Kier molecular flexibility index (Phi) is 5.68. The molecule has 118 valence electrons. The molecule has 9 heteroatoms. The Bertz CT molecular complexity index is 1010. The van der Waals surface area contributed by atoms with E-state index in [0.717, 1.165) is 0 Å². The van der Waals surface area contributed by atoms with Gasteiger partial charge < -0.3 is 7.16 Å². The van der Waals surface area contributed by atoms with Crippen molar-refractivity contribution in [3.8, 4) is 0 Å². The first-order valence-corrected chi connectivity index (χ1v) is 8.01. The third-order valence-electron chi connectivity index (χ3n) is 3.22. The van der Waals surface area contributed by atoms with Crippen LogP contribution in [-0.2, 0) is 10.1 Å². The van der Waals surface area contributed by atoms with Crippen LogP contribution in [0.15, 0.2) is 70.0 Å². The van der Waals surface area contributed by atoms with E-state index in [2.05, 4.69) is 15.2 Å². The molecule has 24 heavy (non-hydrogen) atoms. The van der Waals surface area contributed by atoms with Crippen molar-refractivity contribution in [3.63, 3.8) is 0 Å². The Balaban J connectivity index is 0.00000156. The van der Waals surface area contributed by atoms with E-state index in [9.17, 15) is 13.0 Å². The molecule has 0 saturated carbocycles. The van der Waals surface area contributed by atoms with Gasteiger partial charge >= 0.3 is 29.6 Å². The van der Waals surface area contributed by atoms with Crippen LogP contribution in [0.3, 0.4) is 0 Å². The van der Waals surface area contributed by atoms with Crippen molar-refractivity contribution in [2.24, 2.45) is 10.2 Å². The minimum absolute atomic E-state index is 0. The molecule has 0 spiro atoms. The molecule has 3 N–H and O–H groups in total. The van der Waals surface area contributed by atoms with E-state index >= 15 is 0 Å². The van der Waals surface area contributed by atoms with E-state index in [1.807, 2.05) is 0 Å². The summed E-state index contributed by atoms with van der Waals surface area (Å²) in [5, 5.41) is 8.76. The van der Waals surface area contributed by atoms with Crippen molar-refractivity contribution in [2.45, 2.75) is 4.90 Å². The minimum atomic E-state index is -4.42. The van der Waals surface area contributed by atoms with Crippen molar-refractivity contribution >= 4 is 38.0 Å². The molecule has 0 atom stereocenters. The summed E-state index contributed by atoms with van der Waals surface area (Å²) in [4.78, 5) is 3.64. The van der Waals surface area contributed by atoms with Crippen molar-refractivity contribution in [2.75, 3.05) is 5.73 Å². The molecule has 0 aliphatic rings. The fraction of sp³-hybridized carbons (Fsp3) is 0. The monoisotopic (exact) mass is 352 g/mol. The van der Waals surface area contributed by atoms with Crippen LogP contribution >= 0.6 is 0 Å². The standard InChI is InChI=1S/C15H12N4O3S.Na.H/c16-15-12-6-2-1-5-11(12)14(23(20,21)22)8-13(15)19-18-10-4-3-7-17-9-10;;/h1-9H,16H2,(H,20,21,22);;/q;+1;-1. The number of nitrogens with two attached hydrogens (primary N) is 1. The zero-order valence-electron chi connectivity index (χ0n) is 13.8. The average molecular weight is 352 g/mol. The number of nitrogen functional groups attached to an aromatic ring is 1. The summed E-state index contributed by atoms with van der Waals surface area (Å²) in [5.41, 5.74) is 6.97. The molecule has 1 aromatic heterocycles. The molecular weight excluding hydrogens is 339 g/mol. The van der Waals surface area contributed by atoms with E-state index in [4.69, 9.17) is 5.73 Å². The molecule has 0 aliphatic carbocycles. The molecule has 0 amide bonds. The first-order valence-electron chi connectivity index (χ1n) is 6.57. The van der Waals surface area contributed by atoms with E-state index in [1.165, 1.54) is 12.3 Å².